The van der Waals surface area contributed by atoms with Crippen LogP contribution in [0.1, 0.15) is 89.1 Å². The number of rotatable bonds is 15. The van der Waals surface area contributed by atoms with Gasteiger partial charge in [0, 0.05) is 49.8 Å². The number of nitrogens with zero attached hydrogens (tertiary/aromatic N) is 1. The molecule has 5 rings (SSSR count). The van der Waals surface area contributed by atoms with Crippen LogP contribution in [0.25, 0.3) is 10.9 Å². The van der Waals surface area contributed by atoms with Crippen LogP contribution in [0.15, 0.2) is 54.7 Å². The molecule has 3 aromatic rings. The van der Waals surface area contributed by atoms with E-state index in [9.17, 15) is 36.7 Å². The third-order valence-corrected chi connectivity index (χ3v) is 12.1. The Morgan fingerprint density at radius 3 is 2.26 bits per heavy atom. The standard InChI is InChI=1S/C43H56F4N6O4/c1-7-25(3)37(50-36(55)22-30-12-9-10-15-34(30)44)27(5)52-42(19-16-35-32(23-42)31-13-11-14-33(39(31)49-35)43(45,46)47)41(57)51-38(26(4)8-2)40(56)48-24-29-17-20-53(21-18-29)28(6)54/h9-15,25-26,29,37-38,49,52H,5,7-8,16-24H2,1-4,6H3,(H,48,56)(H,50,55)(H,51,57)/t25?,26?,37-,38-,42+/m0/s1. The minimum Gasteiger partial charge on any atom is -0.373 e. The maximum absolute atomic E-state index is 14.9. The number of carbonyl (C=O) groups excluding carboxylic acids is 4. The molecule has 14 heteroatoms. The topological polar surface area (TPSA) is 135 Å². The van der Waals surface area contributed by atoms with Crippen LogP contribution in [0, 0.1) is 23.6 Å². The molecule has 0 bridgehead atoms. The second kappa shape index (κ2) is 18.1. The van der Waals surface area contributed by atoms with Crippen LogP contribution in [0.4, 0.5) is 17.6 Å². The van der Waals surface area contributed by atoms with Gasteiger partial charge in [0.1, 0.15) is 17.4 Å². The molecule has 2 heterocycles. The Balaban J connectivity index is 1.45. The van der Waals surface area contributed by atoms with Gasteiger partial charge in [0.05, 0.1) is 23.5 Å². The van der Waals surface area contributed by atoms with Crippen LogP contribution < -0.4 is 21.3 Å². The molecular weight excluding hydrogens is 741 g/mol. The molecule has 1 fully saturated rings. The first-order chi connectivity index (χ1) is 27.0. The highest BCUT2D eigenvalue weighted by atomic mass is 19.4. The largest absolute Gasteiger partial charge is 0.418 e. The number of aromatic nitrogens is 1. The highest BCUT2D eigenvalue weighted by Crippen LogP contribution is 2.40. The van der Waals surface area contributed by atoms with E-state index in [1.54, 1.807) is 30.0 Å². The van der Waals surface area contributed by atoms with E-state index < -0.39 is 47.0 Å². The first kappa shape index (κ1) is 43.2. The van der Waals surface area contributed by atoms with Gasteiger partial charge in [-0.3, -0.25) is 19.2 Å². The minimum atomic E-state index is -4.61. The fourth-order valence-electron chi connectivity index (χ4n) is 8.09. The lowest BCUT2D eigenvalue weighted by Crippen LogP contribution is -2.64. The molecule has 310 valence electrons. The SMILES string of the molecule is C=C(N[C@]1(C(=O)N[C@H](C(=O)NCC2CCN(C(C)=O)CC2)C(C)CC)CCc2[nH]c3c(C(F)(F)F)cccc3c2C1)[C@@H](NC(=O)Cc1ccccc1F)C(C)CC. The number of para-hydroxylation sites is 1. The zero-order valence-electron chi connectivity index (χ0n) is 33.5. The molecule has 1 aliphatic heterocycles. The lowest BCUT2D eigenvalue weighted by atomic mass is 9.77. The second-order valence-electron chi connectivity index (χ2n) is 15.9. The number of amides is 4. The first-order valence-corrected chi connectivity index (χ1v) is 20.0. The highest BCUT2D eigenvalue weighted by molar-refractivity contribution is 5.95. The maximum atomic E-state index is 14.9. The number of piperidine rings is 1. The molecule has 0 radical (unpaired) electrons. The van der Waals surface area contributed by atoms with Gasteiger partial charge in [0.2, 0.25) is 23.6 Å². The third-order valence-electron chi connectivity index (χ3n) is 12.1. The summed E-state index contributed by atoms with van der Waals surface area (Å²) < 4.78 is 56.9. The number of hydrogen-bond acceptors (Lipinski definition) is 5. The molecule has 2 aliphatic rings. The predicted octanol–water partition coefficient (Wildman–Crippen LogP) is 6.34. The number of aryl methyl sites for hydroxylation is 1. The Kier molecular flexibility index (Phi) is 13.8. The molecule has 2 unspecified atom stereocenters. The third kappa shape index (κ3) is 9.99. The number of likely N-dealkylation sites (tertiary alicyclic amines) is 1. The monoisotopic (exact) mass is 796 g/mol. The average molecular weight is 797 g/mol. The van der Waals surface area contributed by atoms with Gasteiger partial charge in [-0.05, 0) is 66.7 Å². The number of halogens is 4. The molecule has 1 aliphatic carbocycles. The molecule has 1 saturated heterocycles. The van der Waals surface area contributed by atoms with Gasteiger partial charge >= 0.3 is 6.18 Å². The molecular formula is C43H56F4N6O4. The van der Waals surface area contributed by atoms with Gasteiger partial charge in [0.25, 0.3) is 0 Å². The van der Waals surface area contributed by atoms with Crippen LogP contribution in [-0.2, 0) is 44.6 Å². The van der Waals surface area contributed by atoms with E-state index in [-0.39, 0.29) is 66.3 Å². The van der Waals surface area contributed by atoms with E-state index >= 15 is 0 Å². The Hall–Kier alpha value is -4.88. The summed E-state index contributed by atoms with van der Waals surface area (Å²) in [5, 5.41) is 12.8. The van der Waals surface area contributed by atoms with E-state index in [4.69, 9.17) is 0 Å². The van der Waals surface area contributed by atoms with Crippen molar-refractivity contribution in [3.63, 3.8) is 0 Å². The van der Waals surface area contributed by atoms with Crippen molar-refractivity contribution in [2.45, 2.75) is 110 Å². The molecule has 5 atom stereocenters. The maximum Gasteiger partial charge on any atom is 0.418 e. The Bertz CT molecular complexity index is 1950. The van der Waals surface area contributed by atoms with Gasteiger partial charge < -0.3 is 31.2 Å². The first-order valence-electron chi connectivity index (χ1n) is 20.0. The second-order valence-corrected chi connectivity index (χ2v) is 15.9. The van der Waals surface area contributed by atoms with Crippen molar-refractivity contribution >= 4 is 34.5 Å². The van der Waals surface area contributed by atoms with Crippen molar-refractivity contribution in [2.24, 2.45) is 17.8 Å². The zero-order valence-corrected chi connectivity index (χ0v) is 33.5. The number of H-pyrrole nitrogens is 1. The Morgan fingerprint density at radius 1 is 0.965 bits per heavy atom. The normalized spacial score (nSPS) is 19.5. The number of carbonyl (C=O) groups is 4. The fraction of sp³-hybridized carbons (Fsp3) is 0.535. The van der Waals surface area contributed by atoms with Crippen LogP contribution in [0.2, 0.25) is 0 Å². The van der Waals surface area contributed by atoms with Crippen molar-refractivity contribution in [1.82, 2.24) is 31.2 Å². The van der Waals surface area contributed by atoms with E-state index in [2.05, 4.69) is 32.8 Å². The van der Waals surface area contributed by atoms with Crippen LogP contribution in [0.5, 0.6) is 0 Å². The molecule has 4 amide bonds. The van der Waals surface area contributed by atoms with Gasteiger partial charge in [-0.15, -0.1) is 0 Å². The molecule has 5 N–H and O–H groups in total. The van der Waals surface area contributed by atoms with Crippen LogP contribution >= 0.6 is 0 Å². The molecule has 57 heavy (non-hydrogen) atoms. The van der Waals surface area contributed by atoms with Gasteiger partial charge in [-0.2, -0.15) is 13.2 Å². The Labute approximate surface area is 332 Å². The number of alkyl halides is 3. The summed E-state index contributed by atoms with van der Waals surface area (Å²) in [7, 11) is 0. The van der Waals surface area contributed by atoms with E-state index in [0.717, 1.165) is 18.9 Å². The summed E-state index contributed by atoms with van der Waals surface area (Å²) in [4.78, 5) is 58.7. The van der Waals surface area contributed by atoms with Gasteiger partial charge in [-0.1, -0.05) is 77.4 Å². The zero-order chi connectivity index (χ0) is 41.7. The summed E-state index contributed by atoms with van der Waals surface area (Å²) >= 11 is 0. The molecule has 1 aromatic heterocycles. The minimum absolute atomic E-state index is 0.0194. The van der Waals surface area contributed by atoms with Crippen molar-refractivity contribution in [1.29, 1.82) is 0 Å². The van der Waals surface area contributed by atoms with E-state index in [1.165, 1.54) is 18.2 Å². The lowest BCUT2D eigenvalue weighted by Gasteiger charge is -2.41. The molecule has 0 spiro atoms. The van der Waals surface area contributed by atoms with Crippen molar-refractivity contribution in [2.75, 3.05) is 19.6 Å². The average Bonchev–Trinajstić information content (AvgIpc) is 3.55. The number of benzene rings is 2. The van der Waals surface area contributed by atoms with Gasteiger partial charge in [0.15, 0.2) is 0 Å². The quantitative estimate of drug-likeness (QED) is 0.115. The van der Waals surface area contributed by atoms with E-state index in [1.807, 2.05) is 27.7 Å². The number of nitrogens with one attached hydrogen (secondary N) is 5. The summed E-state index contributed by atoms with van der Waals surface area (Å²) in [5.74, 6) is -2.11. The Morgan fingerprint density at radius 2 is 1.63 bits per heavy atom. The lowest BCUT2D eigenvalue weighted by molar-refractivity contribution is -0.136. The fourth-order valence-corrected chi connectivity index (χ4v) is 8.09. The van der Waals surface area contributed by atoms with Gasteiger partial charge in [-0.25, -0.2) is 4.39 Å². The van der Waals surface area contributed by atoms with Crippen LogP contribution in [0.3, 0.4) is 0 Å². The summed E-state index contributed by atoms with van der Waals surface area (Å²) in [6.07, 6.45) is -1.85. The molecule has 2 aromatic carbocycles. The summed E-state index contributed by atoms with van der Waals surface area (Å²) in [6, 6.07) is 8.33. The molecule has 10 nitrogen and oxygen atoms in total. The van der Waals surface area contributed by atoms with Crippen molar-refractivity contribution in [3.05, 3.63) is 82.9 Å². The predicted molar refractivity (Wildman–Crippen MR) is 211 cm³/mol. The molecule has 0 saturated carbocycles. The number of aromatic amines is 1. The van der Waals surface area contributed by atoms with E-state index in [0.29, 0.717) is 54.8 Å². The summed E-state index contributed by atoms with van der Waals surface area (Å²) in [6.45, 7) is 15.1. The smallest absolute Gasteiger partial charge is 0.373 e. The number of fused-ring (bicyclic) bond motifs is 3. The summed E-state index contributed by atoms with van der Waals surface area (Å²) in [5.41, 5.74) is -0.696. The number of hydrogen-bond donors (Lipinski definition) is 5. The highest BCUT2D eigenvalue weighted by Gasteiger charge is 2.46. The van der Waals surface area contributed by atoms with Crippen molar-refractivity contribution in [3.8, 4) is 0 Å². The van der Waals surface area contributed by atoms with Crippen molar-refractivity contribution < 1.29 is 36.7 Å². The van der Waals surface area contributed by atoms with Crippen LogP contribution in [-0.4, -0.2) is 70.8 Å².